The quantitative estimate of drug-likeness (QED) is 0.338. The van der Waals surface area contributed by atoms with Crippen molar-refractivity contribution in [2.45, 2.75) is 104 Å². The molecular formula is C18H36O. The van der Waals surface area contributed by atoms with Crippen LogP contribution in [0.15, 0.2) is 0 Å². The SMILES string of the molecule is CC(=O)CCCCCCCCCCCCCC(C)C. The number of Topliss-reactive ketones (excluding diaryl/α,β-unsaturated/α-hetero) is 1. The first-order valence-electron chi connectivity index (χ1n) is 8.62. The molecule has 0 aliphatic rings. The Morgan fingerprint density at radius 1 is 0.684 bits per heavy atom. The maximum absolute atomic E-state index is 10.8. The summed E-state index contributed by atoms with van der Waals surface area (Å²) in [6.07, 6.45) is 17.2. The number of ketones is 1. The van der Waals surface area contributed by atoms with Crippen LogP contribution in [0.25, 0.3) is 0 Å². The predicted octanol–water partition coefficient (Wildman–Crippen LogP) is 6.30. The molecule has 0 aliphatic heterocycles. The summed E-state index contributed by atoms with van der Waals surface area (Å²) < 4.78 is 0. The summed E-state index contributed by atoms with van der Waals surface area (Å²) in [4.78, 5) is 10.8. The van der Waals surface area contributed by atoms with E-state index in [-0.39, 0.29) is 0 Å². The highest BCUT2D eigenvalue weighted by Gasteiger charge is 1.96. The van der Waals surface area contributed by atoms with Gasteiger partial charge in [-0.3, -0.25) is 0 Å². The van der Waals surface area contributed by atoms with E-state index >= 15 is 0 Å². The zero-order valence-corrected chi connectivity index (χ0v) is 13.7. The van der Waals surface area contributed by atoms with Crippen LogP contribution in [0, 0.1) is 5.92 Å². The molecule has 19 heavy (non-hydrogen) atoms. The van der Waals surface area contributed by atoms with Crippen molar-refractivity contribution < 1.29 is 4.79 Å². The molecule has 1 heteroatoms. The normalized spacial score (nSPS) is 11.2. The Hall–Kier alpha value is -0.330. The van der Waals surface area contributed by atoms with Crippen LogP contribution in [0.3, 0.4) is 0 Å². The molecule has 1 nitrogen and oxygen atoms in total. The van der Waals surface area contributed by atoms with Gasteiger partial charge in [-0.15, -0.1) is 0 Å². The zero-order chi connectivity index (χ0) is 14.3. The second-order valence-corrected chi connectivity index (χ2v) is 6.52. The first kappa shape index (κ1) is 18.7. The molecule has 0 saturated heterocycles. The van der Waals surface area contributed by atoms with Crippen molar-refractivity contribution in [3.8, 4) is 0 Å². The highest BCUT2D eigenvalue weighted by atomic mass is 16.1. The largest absolute Gasteiger partial charge is 0.300 e. The summed E-state index contributed by atoms with van der Waals surface area (Å²) in [5.41, 5.74) is 0. The fraction of sp³-hybridized carbons (Fsp3) is 0.944. The lowest BCUT2D eigenvalue weighted by atomic mass is 10.0. The summed E-state index contributed by atoms with van der Waals surface area (Å²) in [5, 5.41) is 0. The molecule has 0 bridgehead atoms. The van der Waals surface area contributed by atoms with Gasteiger partial charge < -0.3 is 4.79 Å². The van der Waals surface area contributed by atoms with Gasteiger partial charge in [-0.1, -0.05) is 84.5 Å². The molecule has 0 radical (unpaired) electrons. The number of carbonyl (C=O) groups is 1. The van der Waals surface area contributed by atoms with Crippen LogP contribution in [0.2, 0.25) is 0 Å². The van der Waals surface area contributed by atoms with Crippen LogP contribution < -0.4 is 0 Å². The number of hydrogen-bond acceptors (Lipinski definition) is 1. The Balaban J connectivity index is 2.97. The van der Waals surface area contributed by atoms with Crippen molar-refractivity contribution >= 4 is 5.78 Å². The lowest BCUT2D eigenvalue weighted by molar-refractivity contribution is -0.117. The van der Waals surface area contributed by atoms with E-state index in [2.05, 4.69) is 13.8 Å². The van der Waals surface area contributed by atoms with Crippen molar-refractivity contribution in [1.82, 2.24) is 0 Å². The van der Waals surface area contributed by atoms with Gasteiger partial charge in [-0.25, -0.2) is 0 Å². The molecule has 0 spiro atoms. The Kier molecular flexibility index (Phi) is 13.8. The van der Waals surface area contributed by atoms with Gasteiger partial charge in [-0.2, -0.15) is 0 Å². The maximum Gasteiger partial charge on any atom is 0.129 e. The monoisotopic (exact) mass is 268 g/mol. The molecule has 0 heterocycles. The highest BCUT2D eigenvalue weighted by Crippen LogP contribution is 2.14. The van der Waals surface area contributed by atoms with E-state index in [9.17, 15) is 4.79 Å². The third kappa shape index (κ3) is 17.7. The smallest absolute Gasteiger partial charge is 0.129 e. The lowest BCUT2D eigenvalue weighted by Gasteiger charge is -2.04. The van der Waals surface area contributed by atoms with E-state index in [1.54, 1.807) is 6.92 Å². The second-order valence-electron chi connectivity index (χ2n) is 6.52. The Labute approximate surface area is 121 Å². The molecule has 0 aromatic rings. The molecule has 0 unspecified atom stereocenters. The lowest BCUT2D eigenvalue weighted by Crippen LogP contribution is -1.89. The molecule has 114 valence electrons. The Bertz CT molecular complexity index is 196. The molecule has 0 aliphatic carbocycles. The van der Waals surface area contributed by atoms with Gasteiger partial charge >= 0.3 is 0 Å². The first-order chi connectivity index (χ1) is 9.13. The minimum atomic E-state index is 0.345. The summed E-state index contributed by atoms with van der Waals surface area (Å²) in [6.45, 7) is 6.33. The van der Waals surface area contributed by atoms with Crippen LogP contribution in [0.5, 0.6) is 0 Å². The van der Waals surface area contributed by atoms with Crippen LogP contribution >= 0.6 is 0 Å². The summed E-state index contributed by atoms with van der Waals surface area (Å²) >= 11 is 0. The maximum atomic E-state index is 10.8. The summed E-state index contributed by atoms with van der Waals surface area (Å²) in [5.74, 6) is 1.22. The third-order valence-corrected chi connectivity index (χ3v) is 3.81. The van der Waals surface area contributed by atoms with E-state index in [0.29, 0.717) is 5.78 Å². The minimum Gasteiger partial charge on any atom is -0.300 e. The van der Waals surface area contributed by atoms with Crippen LogP contribution in [-0.4, -0.2) is 5.78 Å². The van der Waals surface area contributed by atoms with Gasteiger partial charge in [0.15, 0.2) is 0 Å². The van der Waals surface area contributed by atoms with Gasteiger partial charge in [0.2, 0.25) is 0 Å². The van der Waals surface area contributed by atoms with E-state index in [1.807, 2.05) is 0 Å². The van der Waals surface area contributed by atoms with Crippen LogP contribution in [-0.2, 0) is 4.79 Å². The molecule has 0 rings (SSSR count). The van der Waals surface area contributed by atoms with Gasteiger partial charge in [0.25, 0.3) is 0 Å². The Morgan fingerprint density at radius 2 is 1.05 bits per heavy atom. The van der Waals surface area contributed by atoms with E-state index in [0.717, 1.165) is 18.8 Å². The van der Waals surface area contributed by atoms with Crippen molar-refractivity contribution in [2.75, 3.05) is 0 Å². The average Bonchev–Trinajstić information content (AvgIpc) is 2.34. The minimum absolute atomic E-state index is 0.345. The molecule has 0 aromatic heterocycles. The van der Waals surface area contributed by atoms with Crippen molar-refractivity contribution in [3.63, 3.8) is 0 Å². The van der Waals surface area contributed by atoms with Gasteiger partial charge in [0.05, 0.1) is 0 Å². The first-order valence-corrected chi connectivity index (χ1v) is 8.62. The number of carbonyl (C=O) groups excluding carboxylic acids is 1. The fourth-order valence-corrected chi connectivity index (χ4v) is 2.52. The number of hydrogen-bond donors (Lipinski definition) is 0. The van der Waals surface area contributed by atoms with Gasteiger partial charge in [0.1, 0.15) is 5.78 Å². The van der Waals surface area contributed by atoms with Gasteiger partial charge in [-0.05, 0) is 19.3 Å². The standard InChI is InChI=1S/C18H36O/c1-17(2)15-13-11-9-7-5-4-6-8-10-12-14-16-18(3)19/h17H,4-16H2,1-3H3. The van der Waals surface area contributed by atoms with Crippen molar-refractivity contribution in [3.05, 3.63) is 0 Å². The average molecular weight is 268 g/mol. The second kappa shape index (κ2) is 14.1. The molecule has 0 amide bonds. The Morgan fingerprint density at radius 3 is 1.42 bits per heavy atom. The third-order valence-electron chi connectivity index (χ3n) is 3.81. The topological polar surface area (TPSA) is 17.1 Å². The van der Waals surface area contributed by atoms with Crippen molar-refractivity contribution in [1.29, 1.82) is 0 Å². The molecular weight excluding hydrogens is 232 g/mol. The van der Waals surface area contributed by atoms with Crippen LogP contribution in [0.1, 0.15) is 104 Å². The zero-order valence-electron chi connectivity index (χ0n) is 13.7. The summed E-state index contributed by atoms with van der Waals surface area (Å²) in [7, 11) is 0. The summed E-state index contributed by atoms with van der Waals surface area (Å²) in [6, 6.07) is 0. The van der Waals surface area contributed by atoms with E-state index in [4.69, 9.17) is 0 Å². The fourth-order valence-electron chi connectivity index (χ4n) is 2.52. The molecule has 0 N–H and O–H groups in total. The molecule has 0 fully saturated rings. The van der Waals surface area contributed by atoms with Crippen LogP contribution in [0.4, 0.5) is 0 Å². The van der Waals surface area contributed by atoms with E-state index in [1.165, 1.54) is 70.6 Å². The molecule has 0 atom stereocenters. The van der Waals surface area contributed by atoms with Gasteiger partial charge in [0, 0.05) is 6.42 Å². The molecule has 0 saturated carbocycles. The number of unbranched alkanes of at least 4 members (excludes halogenated alkanes) is 10. The highest BCUT2D eigenvalue weighted by molar-refractivity contribution is 5.75. The predicted molar refractivity (Wildman–Crippen MR) is 85.5 cm³/mol. The van der Waals surface area contributed by atoms with Crippen molar-refractivity contribution in [2.24, 2.45) is 5.92 Å². The van der Waals surface area contributed by atoms with E-state index < -0.39 is 0 Å². The molecule has 0 aromatic carbocycles. The number of rotatable bonds is 14.